The first kappa shape index (κ1) is 27.6. The van der Waals surface area contributed by atoms with Gasteiger partial charge in [-0.25, -0.2) is 0 Å². The molecule has 3 N–H and O–H groups in total. The van der Waals surface area contributed by atoms with Crippen LogP contribution in [0.1, 0.15) is 103 Å². The van der Waals surface area contributed by atoms with Gasteiger partial charge in [-0.3, -0.25) is 0 Å². The van der Waals surface area contributed by atoms with Gasteiger partial charge in [0.2, 0.25) is 0 Å². The molecule has 1 aliphatic heterocycles. The van der Waals surface area contributed by atoms with Crippen LogP contribution in [0.2, 0.25) is 0 Å². The summed E-state index contributed by atoms with van der Waals surface area (Å²) >= 11 is 0. The predicted octanol–water partition coefficient (Wildman–Crippen LogP) is 4.91. The molecule has 5 heteroatoms. The van der Waals surface area contributed by atoms with Gasteiger partial charge in [0.1, 0.15) is 24.4 Å². The maximum atomic E-state index is 10.0. The number of rotatable bonds is 19. The number of unbranched alkanes of at least 4 members (excludes halogenated alkanes) is 14. The lowest BCUT2D eigenvalue weighted by Gasteiger charge is -2.37. The molecule has 0 aromatic heterocycles. The lowest BCUT2D eigenvalue weighted by molar-refractivity contribution is -0.211. The van der Waals surface area contributed by atoms with Crippen LogP contribution in [0.3, 0.4) is 0 Å². The van der Waals surface area contributed by atoms with Crippen molar-refractivity contribution in [1.29, 1.82) is 0 Å². The van der Waals surface area contributed by atoms with Crippen molar-refractivity contribution >= 4 is 0 Å². The summed E-state index contributed by atoms with van der Waals surface area (Å²) in [7, 11) is 0. The molecule has 0 bridgehead atoms. The van der Waals surface area contributed by atoms with Crippen molar-refractivity contribution in [2.75, 3.05) is 19.8 Å². The van der Waals surface area contributed by atoms with E-state index >= 15 is 0 Å². The maximum absolute atomic E-state index is 10.0. The fourth-order valence-corrected chi connectivity index (χ4v) is 4.09. The summed E-state index contributed by atoms with van der Waals surface area (Å²) in [4.78, 5) is 0. The summed E-state index contributed by atoms with van der Waals surface area (Å²) in [6.07, 6.45) is 20.8. The molecule has 1 heterocycles. The Hall–Kier alpha value is -0.460. The van der Waals surface area contributed by atoms with Crippen LogP contribution >= 0.6 is 0 Å². The molecule has 30 heavy (non-hydrogen) atoms. The lowest BCUT2D eigenvalue weighted by atomic mass is 10.0. The Morgan fingerprint density at radius 2 is 1.30 bits per heavy atom. The molecule has 1 aliphatic rings. The Morgan fingerprint density at radius 3 is 1.80 bits per heavy atom. The fourth-order valence-electron chi connectivity index (χ4n) is 4.09. The van der Waals surface area contributed by atoms with Crippen LogP contribution in [0.4, 0.5) is 0 Å². The summed E-state index contributed by atoms with van der Waals surface area (Å²) in [5, 5.41) is 29.0. The second-order valence-electron chi connectivity index (χ2n) is 8.76. The van der Waals surface area contributed by atoms with Crippen LogP contribution in [-0.4, -0.2) is 59.6 Å². The molecule has 0 radical (unpaired) electrons. The zero-order chi connectivity index (χ0) is 21.9. The third-order valence-corrected chi connectivity index (χ3v) is 6.07. The monoisotopic (exact) mass is 428 g/mol. The second kappa shape index (κ2) is 19.2. The molecule has 1 rings (SSSR count). The summed E-state index contributed by atoms with van der Waals surface area (Å²) in [6, 6.07) is 0. The average Bonchev–Trinajstić information content (AvgIpc) is 2.75. The Kier molecular flexibility index (Phi) is 17.7. The molecule has 0 unspecified atom stereocenters. The van der Waals surface area contributed by atoms with Gasteiger partial charge >= 0.3 is 0 Å². The van der Waals surface area contributed by atoms with Crippen LogP contribution in [0, 0.1) is 0 Å². The van der Waals surface area contributed by atoms with Crippen molar-refractivity contribution < 1.29 is 24.8 Å². The van der Waals surface area contributed by atoms with E-state index in [1.54, 1.807) is 0 Å². The first-order valence-corrected chi connectivity index (χ1v) is 12.5. The van der Waals surface area contributed by atoms with Crippen LogP contribution in [0.25, 0.3) is 0 Å². The van der Waals surface area contributed by atoms with E-state index in [-0.39, 0.29) is 13.2 Å². The molecule has 0 aliphatic carbocycles. The highest BCUT2D eigenvalue weighted by atomic mass is 16.6. The van der Waals surface area contributed by atoms with E-state index in [0.29, 0.717) is 6.61 Å². The molecule has 4 atom stereocenters. The molecule has 178 valence electrons. The normalized spacial score (nSPS) is 24.7. The number of hydrogen-bond donors (Lipinski definition) is 3. The quantitative estimate of drug-likeness (QED) is 0.201. The molecule has 0 spiro atoms. The van der Waals surface area contributed by atoms with Crippen molar-refractivity contribution in [1.82, 2.24) is 0 Å². The van der Waals surface area contributed by atoms with Crippen LogP contribution in [-0.2, 0) is 9.47 Å². The number of hydrogen-bond acceptors (Lipinski definition) is 5. The molecule has 0 saturated carbocycles. The largest absolute Gasteiger partial charge is 0.394 e. The summed E-state index contributed by atoms with van der Waals surface area (Å²) in [6.45, 7) is 2.47. The predicted molar refractivity (Wildman–Crippen MR) is 123 cm³/mol. The van der Waals surface area contributed by atoms with Gasteiger partial charge in [-0.1, -0.05) is 89.2 Å². The van der Waals surface area contributed by atoms with Crippen LogP contribution in [0.15, 0.2) is 12.2 Å². The SMILES string of the molecule is C/C=C/CCCCCCCCCCCCCCCCO[C@H]1[C@H](O)[C@@H](O)CO[C@@H]1CO. The Labute approximate surface area is 184 Å². The van der Waals surface area contributed by atoms with E-state index in [2.05, 4.69) is 19.1 Å². The molecular weight excluding hydrogens is 380 g/mol. The molecular formula is C25H48O5. The van der Waals surface area contributed by atoms with Gasteiger partial charge in [-0.15, -0.1) is 0 Å². The van der Waals surface area contributed by atoms with Gasteiger partial charge in [0.15, 0.2) is 0 Å². The summed E-state index contributed by atoms with van der Waals surface area (Å²) < 4.78 is 11.0. The Bertz CT molecular complexity index is 399. The first-order chi connectivity index (χ1) is 14.7. The topological polar surface area (TPSA) is 79.2 Å². The van der Waals surface area contributed by atoms with Crippen LogP contribution < -0.4 is 0 Å². The molecule has 0 aromatic rings. The van der Waals surface area contributed by atoms with Gasteiger partial charge in [0, 0.05) is 6.61 Å². The van der Waals surface area contributed by atoms with Gasteiger partial charge in [0.25, 0.3) is 0 Å². The standard InChI is InChI=1S/C25H48O5/c1-2-3-4-5-6-7-8-9-10-11-12-13-14-15-16-17-18-19-29-25-23(20-26)30-21-22(27)24(25)28/h2-3,22-28H,4-21H2,1H3/b3-2+/t22-,23+,24+,25+/m0/s1. The minimum Gasteiger partial charge on any atom is -0.394 e. The zero-order valence-electron chi connectivity index (χ0n) is 19.4. The van der Waals surface area contributed by atoms with E-state index in [4.69, 9.17) is 9.47 Å². The highest BCUT2D eigenvalue weighted by molar-refractivity contribution is 4.87. The number of aliphatic hydroxyl groups is 3. The minimum atomic E-state index is -0.987. The number of ether oxygens (including phenoxy) is 2. The van der Waals surface area contributed by atoms with Crippen LogP contribution in [0.5, 0.6) is 0 Å². The first-order valence-electron chi connectivity index (χ1n) is 12.5. The number of aliphatic hydroxyl groups excluding tert-OH is 3. The fraction of sp³-hybridized carbons (Fsp3) is 0.920. The lowest BCUT2D eigenvalue weighted by Crippen LogP contribution is -2.55. The minimum absolute atomic E-state index is 0.0450. The van der Waals surface area contributed by atoms with Gasteiger partial charge in [-0.2, -0.15) is 0 Å². The van der Waals surface area contributed by atoms with Crippen molar-refractivity contribution in [2.45, 2.75) is 128 Å². The average molecular weight is 429 g/mol. The van der Waals surface area contributed by atoms with E-state index in [1.165, 1.54) is 83.5 Å². The Balaban J connectivity index is 1.82. The van der Waals surface area contributed by atoms with E-state index in [1.807, 2.05) is 0 Å². The van der Waals surface area contributed by atoms with Crippen molar-refractivity contribution in [3.63, 3.8) is 0 Å². The smallest absolute Gasteiger partial charge is 0.114 e. The molecule has 5 nitrogen and oxygen atoms in total. The zero-order valence-corrected chi connectivity index (χ0v) is 19.4. The van der Waals surface area contributed by atoms with E-state index in [9.17, 15) is 15.3 Å². The molecule has 0 amide bonds. The molecule has 1 fully saturated rings. The van der Waals surface area contributed by atoms with Gasteiger partial charge in [-0.05, 0) is 26.2 Å². The Morgan fingerprint density at radius 1 is 0.800 bits per heavy atom. The molecule has 0 aromatic carbocycles. The number of allylic oxidation sites excluding steroid dienone is 2. The van der Waals surface area contributed by atoms with Gasteiger partial charge < -0.3 is 24.8 Å². The van der Waals surface area contributed by atoms with Crippen molar-refractivity contribution in [3.05, 3.63) is 12.2 Å². The maximum Gasteiger partial charge on any atom is 0.114 e. The third kappa shape index (κ3) is 13.1. The second-order valence-corrected chi connectivity index (χ2v) is 8.76. The van der Waals surface area contributed by atoms with E-state index in [0.717, 1.165) is 12.8 Å². The third-order valence-electron chi connectivity index (χ3n) is 6.07. The van der Waals surface area contributed by atoms with E-state index < -0.39 is 24.4 Å². The summed E-state index contributed by atoms with van der Waals surface area (Å²) in [5.74, 6) is 0. The molecule has 1 saturated heterocycles. The van der Waals surface area contributed by atoms with Gasteiger partial charge in [0.05, 0.1) is 13.2 Å². The summed E-state index contributed by atoms with van der Waals surface area (Å²) in [5.41, 5.74) is 0. The van der Waals surface area contributed by atoms with Crippen molar-refractivity contribution in [2.24, 2.45) is 0 Å². The highest BCUT2D eigenvalue weighted by Gasteiger charge is 2.39. The highest BCUT2D eigenvalue weighted by Crippen LogP contribution is 2.19. The van der Waals surface area contributed by atoms with Crippen molar-refractivity contribution in [3.8, 4) is 0 Å².